The summed E-state index contributed by atoms with van der Waals surface area (Å²) in [5, 5.41) is 4.34. The number of H-pyrrole nitrogens is 1. The summed E-state index contributed by atoms with van der Waals surface area (Å²) in [6, 6.07) is 8.31. The molecule has 1 N–H and O–H groups in total. The molecule has 2 aromatic heterocycles. The van der Waals surface area contributed by atoms with Crippen molar-refractivity contribution in [1.82, 2.24) is 14.9 Å². The van der Waals surface area contributed by atoms with Gasteiger partial charge in [-0.3, -0.25) is 4.90 Å². The zero-order chi connectivity index (χ0) is 17.2. The minimum atomic E-state index is 0.164. The van der Waals surface area contributed by atoms with Crippen molar-refractivity contribution in [3.05, 3.63) is 63.9 Å². The van der Waals surface area contributed by atoms with Crippen molar-refractivity contribution in [1.29, 1.82) is 0 Å². The van der Waals surface area contributed by atoms with Crippen molar-refractivity contribution in [2.24, 2.45) is 0 Å². The molecule has 0 saturated heterocycles. The second-order valence-corrected chi connectivity index (χ2v) is 6.90. The average molecular weight is 355 g/mol. The number of benzene rings is 1. The first-order valence-electron chi connectivity index (χ1n) is 8.29. The topological polar surface area (TPSA) is 50.4 Å². The normalized spacial score (nSPS) is 17.3. The molecule has 130 valence electrons. The third-order valence-electron chi connectivity index (χ3n) is 4.74. The lowest BCUT2D eigenvalue weighted by molar-refractivity contribution is 0.198. The molecule has 3 heterocycles. The molecule has 1 atom stereocenters. The number of nitrogens with one attached hydrogen (secondary N) is 1. The van der Waals surface area contributed by atoms with Gasteiger partial charge in [0.25, 0.3) is 0 Å². The number of thiophene rings is 1. The van der Waals surface area contributed by atoms with Crippen LogP contribution in [0.5, 0.6) is 11.5 Å². The number of aromatic nitrogens is 2. The molecule has 25 heavy (non-hydrogen) atoms. The van der Waals surface area contributed by atoms with Crippen LogP contribution in [0, 0.1) is 0 Å². The highest BCUT2D eigenvalue weighted by Crippen LogP contribution is 2.36. The number of nitrogens with zero attached hydrogens (tertiary/aromatic N) is 2. The fraction of sp³-hybridized carbons (Fsp3) is 0.316. The third-order valence-corrected chi connectivity index (χ3v) is 5.45. The third kappa shape index (κ3) is 3.03. The van der Waals surface area contributed by atoms with Crippen LogP contribution in [-0.4, -0.2) is 35.6 Å². The molecule has 6 heteroatoms. The van der Waals surface area contributed by atoms with E-state index in [1.54, 1.807) is 31.9 Å². The number of ether oxygens (including phenoxy) is 2. The fourth-order valence-corrected chi connectivity index (χ4v) is 4.20. The van der Waals surface area contributed by atoms with E-state index in [0.717, 1.165) is 42.3 Å². The van der Waals surface area contributed by atoms with E-state index in [1.165, 1.54) is 11.3 Å². The van der Waals surface area contributed by atoms with Crippen molar-refractivity contribution in [3.8, 4) is 11.5 Å². The van der Waals surface area contributed by atoms with Crippen LogP contribution < -0.4 is 9.47 Å². The van der Waals surface area contributed by atoms with E-state index in [2.05, 4.69) is 37.8 Å². The molecule has 4 rings (SSSR count). The van der Waals surface area contributed by atoms with Crippen LogP contribution in [-0.2, 0) is 13.0 Å². The molecular weight excluding hydrogens is 334 g/mol. The molecule has 5 nitrogen and oxygen atoms in total. The second kappa shape index (κ2) is 6.90. The Morgan fingerprint density at radius 1 is 1.28 bits per heavy atom. The van der Waals surface area contributed by atoms with Crippen molar-refractivity contribution in [2.45, 2.75) is 19.0 Å². The van der Waals surface area contributed by atoms with Crippen LogP contribution in [0.15, 0.2) is 41.4 Å². The predicted octanol–water partition coefficient (Wildman–Crippen LogP) is 3.64. The van der Waals surface area contributed by atoms with Gasteiger partial charge in [0.2, 0.25) is 0 Å². The quantitative estimate of drug-likeness (QED) is 0.759. The molecule has 0 bridgehead atoms. The lowest BCUT2D eigenvalue weighted by atomic mass is 9.97. The zero-order valence-corrected chi connectivity index (χ0v) is 15.2. The van der Waals surface area contributed by atoms with E-state index in [0.29, 0.717) is 0 Å². The summed E-state index contributed by atoms with van der Waals surface area (Å²) >= 11 is 1.72. The number of fused-ring (bicyclic) bond motifs is 1. The van der Waals surface area contributed by atoms with E-state index >= 15 is 0 Å². The van der Waals surface area contributed by atoms with Crippen molar-refractivity contribution in [2.75, 3.05) is 20.8 Å². The minimum Gasteiger partial charge on any atom is -0.497 e. The molecule has 0 radical (unpaired) electrons. The summed E-state index contributed by atoms with van der Waals surface area (Å²) in [4.78, 5) is 10.4. The Morgan fingerprint density at radius 2 is 2.20 bits per heavy atom. The van der Waals surface area contributed by atoms with Crippen LogP contribution in [0.3, 0.4) is 0 Å². The van der Waals surface area contributed by atoms with Gasteiger partial charge in [-0.1, -0.05) is 0 Å². The van der Waals surface area contributed by atoms with Gasteiger partial charge in [0.05, 0.1) is 32.3 Å². The summed E-state index contributed by atoms with van der Waals surface area (Å²) in [6.45, 7) is 1.75. The largest absolute Gasteiger partial charge is 0.497 e. The number of hydrogen-bond donors (Lipinski definition) is 1. The highest BCUT2D eigenvalue weighted by Gasteiger charge is 2.31. The van der Waals surface area contributed by atoms with Gasteiger partial charge in [0, 0.05) is 30.8 Å². The Kier molecular flexibility index (Phi) is 4.46. The molecule has 0 fully saturated rings. The second-order valence-electron chi connectivity index (χ2n) is 6.12. The van der Waals surface area contributed by atoms with E-state index in [4.69, 9.17) is 9.47 Å². The number of rotatable bonds is 5. The number of hydrogen-bond acceptors (Lipinski definition) is 5. The Bertz CT molecular complexity index is 844. The maximum absolute atomic E-state index is 5.56. The molecule has 0 amide bonds. The van der Waals surface area contributed by atoms with Crippen LogP contribution in [0.4, 0.5) is 0 Å². The molecule has 1 aliphatic rings. The summed E-state index contributed by atoms with van der Waals surface area (Å²) in [7, 11) is 3.40. The molecule has 1 aromatic carbocycles. The summed E-state index contributed by atoms with van der Waals surface area (Å²) in [5.74, 6) is 1.73. The number of methoxy groups -OCH3 is 2. The number of aromatic amines is 1. The molecule has 3 aromatic rings. The lowest BCUT2D eigenvalue weighted by Crippen LogP contribution is -2.35. The van der Waals surface area contributed by atoms with Gasteiger partial charge in [0.1, 0.15) is 11.5 Å². The van der Waals surface area contributed by atoms with Crippen molar-refractivity contribution >= 4 is 11.3 Å². The van der Waals surface area contributed by atoms with E-state index < -0.39 is 0 Å². The Hall–Kier alpha value is -2.31. The van der Waals surface area contributed by atoms with Crippen LogP contribution in [0.25, 0.3) is 0 Å². The van der Waals surface area contributed by atoms with Crippen molar-refractivity contribution < 1.29 is 9.47 Å². The van der Waals surface area contributed by atoms with Gasteiger partial charge in [-0.15, -0.1) is 0 Å². The Morgan fingerprint density at radius 3 is 2.96 bits per heavy atom. The smallest absolute Gasteiger partial charge is 0.123 e. The standard InChI is InChI=1S/C19H21N3O2S/c1-23-15-3-4-17(24-2)14(9-15)10-22-7-5-16-18(21-12-20-16)19(22)13-6-8-25-11-13/h3-4,6,8-9,11-12,19H,5,7,10H2,1-2H3,(H,20,21)/t19-/m0/s1. The maximum atomic E-state index is 5.56. The molecule has 1 aliphatic heterocycles. The van der Waals surface area contributed by atoms with Crippen LogP contribution in [0.1, 0.15) is 28.6 Å². The van der Waals surface area contributed by atoms with Gasteiger partial charge in [-0.05, 0) is 40.6 Å². The first-order chi connectivity index (χ1) is 12.3. The first kappa shape index (κ1) is 16.2. The summed E-state index contributed by atoms with van der Waals surface area (Å²) in [5.41, 5.74) is 4.79. The van der Waals surface area contributed by atoms with Gasteiger partial charge < -0.3 is 14.5 Å². The lowest BCUT2D eigenvalue weighted by Gasteiger charge is -2.35. The maximum Gasteiger partial charge on any atom is 0.123 e. The Balaban J connectivity index is 1.70. The van der Waals surface area contributed by atoms with Crippen LogP contribution in [0.2, 0.25) is 0 Å². The Labute approximate surface area is 151 Å². The molecule has 0 unspecified atom stereocenters. The summed E-state index contributed by atoms with van der Waals surface area (Å²) in [6.07, 6.45) is 2.78. The molecule has 0 spiro atoms. The SMILES string of the molecule is COc1ccc(OC)c(CN2CCc3[nH]cnc3[C@@H]2c2ccsc2)c1. The van der Waals surface area contributed by atoms with Crippen LogP contribution >= 0.6 is 11.3 Å². The summed E-state index contributed by atoms with van der Waals surface area (Å²) < 4.78 is 11.0. The zero-order valence-electron chi connectivity index (χ0n) is 14.4. The van der Waals surface area contributed by atoms with Gasteiger partial charge >= 0.3 is 0 Å². The number of imidazole rings is 1. The predicted molar refractivity (Wildman–Crippen MR) is 98.4 cm³/mol. The van der Waals surface area contributed by atoms with E-state index in [-0.39, 0.29) is 6.04 Å². The van der Waals surface area contributed by atoms with Gasteiger partial charge in [0.15, 0.2) is 0 Å². The molecular formula is C19H21N3O2S. The van der Waals surface area contributed by atoms with E-state index in [9.17, 15) is 0 Å². The highest BCUT2D eigenvalue weighted by atomic mass is 32.1. The van der Waals surface area contributed by atoms with E-state index in [1.807, 2.05) is 12.1 Å². The fourth-order valence-electron chi connectivity index (χ4n) is 3.52. The first-order valence-corrected chi connectivity index (χ1v) is 9.23. The average Bonchev–Trinajstić information content (AvgIpc) is 3.33. The monoisotopic (exact) mass is 355 g/mol. The highest BCUT2D eigenvalue weighted by molar-refractivity contribution is 7.08. The van der Waals surface area contributed by atoms with Gasteiger partial charge in [-0.25, -0.2) is 4.98 Å². The minimum absolute atomic E-state index is 0.164. The van der Waals surface area contributed by atoms with Gasteiger partial charge in [-0.2, -0.15) is 11.3 Å². The van der Waals surface area contributed by atoms with Crippen molar-refractivity contribution in [3.63, 3.8) is 0 Å². The molecule has 0 aliphatic carbocycles. The molecule has 0 saturated carbocycles.